The van der Waals surface area contributed by atoms with E-state index < -0.39 is 5.82 Å². The molecule has 2 aromatic heterocycles. The SMILES string of the molecule is CNC(=O)c1ccnc(CNCc2cc(C)no2)c1N=CCOc1ccc(F)c(Cl)c1. The number of aromatic nitrogens is 2. The summed E-state index contributed by atoms with van der Waals surface area (Å²) in [6.07, 6.45) is 3.06. The van der Waals surface area contributed by atoms with Gasteiger partial charge < -0.3 is 19.9 Å². The minimum Gasteiger partial charge on any atom is -0.488 e. The molecule has 0 aliphatic heterocycles. The Labute approximate surface area is 183 Å². The standard InChI is InChI=1S/C21H21ClFN5O3/c1-13-9-15(31-28-13)11-25-12-19-20(16(5-6-26-19)21(29)24-2)27-7-8-30-14-3-4-18(23)17(22)10-14/h3-7,9-10,25H,8,11-12H2,1-2H3,(H,24,29). The lowest BCUT2D eigenvalue weighted by molar-refractivity contribution is 0.0963. The van der Waals surface area contributed by atoms with Gasteiger partial charge in [0.1, 0.15) is 18.2 Å². The van der Waals surface area contributed by atoms with Gasteiger partial charge in [0.05, 0.1) is 34.2 Å². The molecule has 3 rings (SSSR count). The van der Waals surface area contributed by atoms with E-state index in [0.717, 1.165) is 5.69 Å². The Balaban J connectivity index is 1.71. The van der Waals surface area contributed by atoms with Crippen molar-refractivity contribution in [2.45, 2.75) is 20.0 Å². The molecule has 0 unspecified atom stereocenters. The van der Waals surface area contributed by atoms with Crippen LogP contribution < -0.4 is 15.4 Å². The predicted molar refractivity (Wildman–Crippen MR) is 114 cm³/mol. The Morgan fingerprint density at radius 3 is 2.87 bits per heavy atom. The normalized spacial score (nSPS) is 11.1. The zero-order valence-corrected chi connectivity index (χ0v) is 17.7. The molecule has 31 heavy (non-hydrogen) atoms. The first-order chi connectivity index (χ1) is 15.0. The maximum atomic E-state index is 13.2. The molecule has 10 heteroatoms. The van der Waals surface area contributed by atoms with E-state index in [1.165, 1.54) is 24.4 Å². The van der Waals surface area contributed by atoms with Gasteiger partial charge in [-0.15, -0.1) is 0 Å². The minimum atomic E-state index is -0.522. The summed E-state index contributed by atoms with van der Waals surface area (Å²) in [6, 6.07) is 7.50. The molecule has 0 saturated heterocycles. The monoisotopic (exact) mass is 445 g/mol. The van der Waals surface area contributed by atoms with Gasteiger partial charge in [0, 0.05) is 38.1 Å². The number of aryl methyl sites for hydroxylation is 1. The van der Waals surface area contributed by atoms with Crippen molar-refractivity contribution >= 4 is 29.4 Å². The Morgan fingerprint density at radius 2 is 2.16 bits per heavy atom. The molecule has 0 bridgehead atoms. The summed E-state index contributed by atoms with van der Waals surface area (Å²) in [5, 5.41) is 9.61. The number of ether oxygens (including phenoxy) is 1. The van der Waals surface area contributed by atoms with Gasteiger partial charge in [0.25, 0.3) is 5.91 Å². The maximum absolute atomic E-state index is 13.2. The van der Waals surface area contributed by atoms with Gasteiger partial charge in [-0.2, -0.15) is 0 Å². The molecule has 1 aromatic carbocycles. The van der Waals surface area contributed by atoms with Crippen molar-refractivity contribution in [3.05, 3.63) is 70.1 Å². The van der Waals surface area contributed by atoms with Crippen LogP contribution in [0.15, 0.2) is 46.0 Å². The number of nitrogens with zero attached hydrogens (tertiary/aromatic N) is 3. The van der Waals surface area contributed by atoms with E-state index in [1.807, 2.05) is 13.0 Å². The molecule has 0 fully saturated rings. The number of halogens is 2. The number of aliphatic imine (C=N–C) groups is 1. The van der Waals surface area contributed by atoms with Crippen LogP contribution in [-0.2, 0) is 13.1 Å². The van der Waals surface area contributed by atoms with Gasteiger partial charge in [0.2, 0.25) is 0 Å². The summed E-state index contributed by atoms with van der Waals surface area (Å²) < 4.78 is 23.9. The highest BCUT2D eigenvalue weighted by atomic mass is 35.5. The van der Waals surface area contributed by atoms with E-state index in [-0.39, 0.29) is 17.5 Å². The van der Waals surface area contributed by atoms with Gasteiger partial charge in [-0.3, -0.25) is 14.8 Å². The number of nitrogens with one attached hydrogen (secondary N) is 2. The second kappa shape index (κ2) is 10.6. The lowest BCUT2D eigenvalue weighted by Crippen LogP contribution is -2.20. The van der Waals surface area contributed by atoms with Crippen LogP contribution in [0.3, 0.4) is 0 Å². The summed E-state index contributed by atoms with van der Waals surface area (Å²) in [7, 11) is 1.54. The Morgan fingerprint density at radius 1 is 1.32 bits per heavy atom. The highest BCUT2D eigenvalue weighted by Crippen LogP contribution is 2.23. The van der Waals surface area contributed by atoms with Crippen LogP contribution in [0.2, 0.25) is 5.02 Å². The summed E-state index contributed by atoms with van der Waals surface area (Å²) >= 11 is 5.75. The zero-order chi connectivity index (χ0) is 22.2. The Kier molecular flexibility index (Phi) is 7.69. The molecule has 0 atom stereocenters. The van der Waals surface area contributed by atoms with E-state index in [2.05, 4.69) is 25.8 Å². The van der Waals surface area contributed by atoms with Crippen LogP contribution in [0.1, 0.15) is 27.5 Å². The molecule has 2 heterocycles. The molecule has 8 nitrogen and oxygen atoms in total. The van der Waals surface area contributed by atoms with Crippen molar-refractivity contribution in [1.29, 1.82) is 0 Å². The molecule has 162 valence electrons. The van der Waals surface area contributed by atoms with E-state index in [9.17, 15) is 9.18 Å². The van der Waals surface area contributed by atoms with Crippen LogP contribution in [0.5, 0.6) is 5.75 Å². The number of carbonyl (C=O) groups is 1. The first-order valence-electron chi connectivity index (χ1n) is 9.41. The largest absolute Gasteiger partial charge is 0.488 e. The number of benzene rings is 1. The second-order valence-electron chi connectivity index (χ2n) is 6.47. The van der Waals surface area contributed by atoms with E-state index in [4.69, 9.17) is 20.9 Å². The maximum Gasteiger partial charge on any atom is 0.253 e. The number of pyridine rings is 1. The first-order valence-corrected chi connectivity index (χ1v) is 9.79. The van der Waals surface area contributed by atoms with Crippen LogP contribution in [0.25, 0.3) is 0 Å². The van der Waals surface area contributed by atoms with Crippen molar-refractivity contribution in [2.75, 3.05) is 13.7 Å². The lowest BCUT2D eigenvalue weighted by atomic mass is 10.1. The summed E-state index contributed by atoms with van der Waals surface area (Å²) in [6.45, 7) is 2.74. The predicted octanol–water partition coefficient (Wildman–Crippen LogP) is 3.60. The van der Waals surface area contributed by atoms with Crippen LogP contribution in [-0.4, -0.2) is 35.9 Å². The minimum absolute atomic E-state index is 0.0288. The number of hydrogen-bond donors (Lipinski definition) is 2. The number of carbonyl (C=O) groups excluding carboxylic acids is 1. The highest BCUT2D eigenvalue weighted by Gasteiger charge is 2.14. The van der Waals surface area contributed by atoms with Crippen molar-refractivity contribution < 1.29 is 18.4 Å². The van der Waals surface area contributed by atoms with Crippen molar-refractivity contribution in [2.24, 2.45) is 4.99 Å². The van der Waals surface area contributed by atoms with Gasteiger partial charge >= 0.3 is 0 Å². The smallest absolute Gasteiger partial charge is 0.253 e. The number of amides is 1. The number of hydrogen-bond acceptors (Lipinski definition) is 7. The van der Waals surface area contributed by atoms with Gasteiger partial charge in [0.15, 0.2) is 5.76 Å². The van der Waals surface area contributed by atoms with Crippen LogP contribution in [0.4, 0.5) is 10.1 Å². The molecule has 0 aliphatic rings. The molecule has 0 saturated carbocycles. The topological polar surface area (TPSA) is 102 Å². The molecule has 2 N–H and O–H groups in total. The molecular weight excluding hydrogens is 425 g/mol. The average molecular weight is 446 g/mol. The van der Waals surface area contributed by atoms with Crippen LogP contribution >= 0.6 is 11.6 Å². The fraction of sp³-hybridized carbons (Fsp3) is 0.238. The van der Waals surface area contributed by atoms with Crippen LogP contribution in [0, 0.1) is 12.7 Å². The van der Waals surface area contributed by atoms with Crippen molar-refractivity contribution in [1.82, 2.24) is 20.8 Å². The fourth-order valence-electron chi connectivity index (χ4n) is 2.72. The van der Waals surface area contributed by atoms with E-state index in [1.54, 1.807) is 19.3 Å². The third-order valence-corrected chi connectivity index (χ3v) is 4.47. The highest BCUT2D eigenvalue weighted by molar-refractivity contribution is 6.30. The molecule has 0 radical (unpaired) electrons. The summed E-state index contributed by atoms with van der Waals surface area (Å²) in [4.78, 5) is 21.0. The van der Waals surface area contributed by atoms with Crippen molar-refractivity contribution in [3.63, 3.8) is 0 Å². The molecular formula is C21H21ClFN5O3. The molecule has 3 aromatic rings. The van der Waals surface area contributed by atoms with Gasteiger partial charge in [-0.25, -0.2) is 4.39 Å². The molecule has 0 spiro atoms. The average Bonchev–Trinajstić information content (AvgIpc) is 3.18. The van der Waals surface area contributed by atoms with E-state index in [0.29, 0.717) is 41.5 Å². The summed E-state index contributed by atoms with van der Waals surface area (Å²) in [5.74, 6) is 0.287. The molecule has 1 amide bonds. The Hall–Kier alpha value is -3.30. The van der Waals surface area contributed by atoms with Gasteiger partial charge in [-0.05, 0) is 25.1 Å². The summed E-state index contributed by atoms with van der Waals surface area (Å²) in [5.41, 5.74) is 2.18. The van der Waals surface area contributed by atoms with Gasteiger partial charge in [-0.1, -0.05) is 16.8 Å². The van der Waals surface area contributed by atoms with Crippen molar-refractivity contribution in [3.8, 4) is 5.75 Å². The first kappa shape index (κ1) is 22.4. The second-order valence-corrected chi connectivity index (χ2v) is 6.88. The fourth-order valence-corrected chi connectivity index (χ4v) is 2.89. The zero-order valence-electron chi connectivity index (χ0n) is 17.0. The Bertz CT molecular complexity index is 1090. The quantitative estimate of drug-likeness (QED) is 0.488. The third-order valence-electron chi connectivity index (χ3n) is 4.18. The van der Waals surface area contributed by atoms with E-state index >= 15 is 0 Å². The number of rotatable bonds is 9. The third kappa shape index (κ3) is 6.09. The lowest BCUT2D eigenvalue weighted by Gasteiger charge is -2.10. The molecule has 0 aliphatic carbocycles.